The standard InChI is InChI=1S/C50H63N3O21S7/c1-49(2)34(16-11-13-33(14-12-26-75(56,57)58)37-19-20-38-40(47(37)49)29-35(31-43(38)80(69,70)71)78(65,66)51-23-27-76(59,60)61)15-7-5-8-17-45-50(3,4)48-41-30-36(79(67,68)52-24-28-77(62,63)64)32-44(81(72,73)74)39(41)21-22-42(48)53(45)25-10-6-9-18-46(54)55/h5,7-8,15-17,19-22,29-33,51-52H,6,9-14,18,23-28H2,1-4H3,(H,54,55)(H,56,57,58)(H,59,60,61)(H,62,63,64)(H,69,70,71)(H,72,73,74)/b8-5+,15-7+,34-16?,45-17+. The molecule has 1 aliphatic carbocycles. The van der Waals surface area contributed by atoms with Crippen molar-refractivity contribution in [3.63, 3.8) is 0 Å². The number of nitrogens with one attached hydrogen (secondary N) is 2. The van der Waals surface area contributed by atoms with Crippen LogP contribution in [-0.2, 0) is 86.3 Å². The summed E-state index contributed by atoms with van der Waals surface area (Å²) in [7, 11) is -33.3. The van der Waals surface area contributed by atoms with Crippen molar-refractivity contribution in [2.24, 2.45) is 0 Å². The van der Waals surface area contributed by atoms with E-state index in [1.807, 2.05) is 20.4 Å². The summed E-state index contributed by atoms with van der Waals surface area (Å²) in [5.41, 5.74) is 0.896. The molecule has 0 aromatic heterocycles. The molecule has 0 amide bonds. The van der Waals surface area contributed by atoms with Crippen LogP contribution < -0.4 is 14.3 Å². The topological polar surface area (TPSA) is 405 Å². The molecular formula is C50H63N3O21S7. The Morgan fingerprint density at radius 2 is 1.12 bits per heavy atom. The van der Waals surface area contributed by atoms with E-state index in [0.717, 1.165) is 6.07 Å². The van der Waals surface area contributed by atoms with Crippen LogP contribution in [0.1, 0.15) is 102 Å². The molecule has 0 bridgehead atoms. The van der Waals surface area contributed by atoms with Gasteiger partial charge in [-0.15, -0.1) is 0 Å². The van der Waals surface area contributed by atoms with E-state index in [0.29, 0.717) is 78.4 Å². The third-order valence-corrected chi connectivity index (χ3v) is 21.0. The van der Waals surface area contributed by atoms with Gasteiger partial charge in [-0.1, -0.05) is 82.7 Å². The van der Waals surface area contributed by atoms with Crippen LogP contribution in [-0.4, -0.2) is 130 Å². The fourth-order valence-electron chi connectivity index (χ4n) is 10.5. The lowest BCUT2D eigenvalue weighted by molar-refractivity contribution is -0.137. The molecule has 24 nitrogen and oxygen atoms in total. The Kier molecular flexibility index (Phi) is 19.5. The lowest BCUT2D eigenvalue weighted by Crippen LogP contribution is -2.29. The third kappa shape index (κ3) is 16.0. The number of hydrogen-bond acceptors (Lipinski definition) is 16. The second-order valence-electron chi connectivity index (χ2n) is 20.6. The maximum atomic E-state index is 13.7. The predicted octanol–water partition coefficient (Wildman–Crippen LogP) is 6.01. The SMILES string of the molecule is CC1(C)C(/C=C/C=C/C=C2/N(CCCCCC(=O)O)c3ccc4c(S(=O)(=O)O)cc(S(=O)(=O)NCCS(=O)(=O)O)cc4c3C2(C)C)=CCCC(CCCS(=O)(=O)O)c2ccc3c(S(=O)(=O)O)cc(S(=O)(=O)NCCS(=O)(=O)O)cc3c21. The van der Waals surface area contributed by atoms with Gasteiger partial charge in [0, 0.05) is 59.0 Å². The summed E-state index contributed by atoms with van der Waals surface area (Å²) in [4.78, 5) is 10.4. The Morgan fingerprint density at radius 3 is 1.63 bits per heavy atom. The number of anilines is 1. The molecule has 4 aromatic rings. The molecule has 0 radical (unpaired) electrons. The van der Waals surface area contributed by atoms with Crippen molar-refractivity contribution in [1.29, 1.82) is 0 Å². The summed E-state index contributed by atoms with van der Waals surface area (Å²) in [5.74, 6) is -4.02. The number of carboxylic acid groups (broad SMARTS) is 1. The number of allylic oxidation sites excluding steroid dienone is 8. The number of fused-ring (bicyclic) bond motifs is 6. The summed E-state index contributed by atoms with van der Waals surface area (Å²) < 4.78 is 229. The second kappa shape index (κ2) is 24.3. The number of nitrogens with zero attached hydrogens (tertiary/aromatic N) is 1. The average molecular weight is 1270 g/mol. The van der Waals surface area contributed by atoms with Gasteiger partial charge < -0.3 is 10.0 Å². The van der Waals surface area contributed by atoms with Crippen molar-refractivity contribution in [1.82, 2.24) is 9.44 Å². The van der Waals surface area contributed by atoms with E-state index < -0.39 is 143 Å². The summed E-state index contributed by atoms with van der Waals surface area (Å²) in [6.45, 7) is 5.86. The number of rotatable bonds is 25. The molecule has 1 atom stereocenters. The van der Waals surface area contributed by atoms with E-state index in [1.54, 1.807) is 70.2 Å². The van der Waals surface area contributed by atoms with Gasteiger partial charge in [-0.25, -0.2) is 26.3 Å². The molecule has 31 heteroatoms. The highest BCUT2D eigenvalue weighted by molar-refractivity contribution is 7.90. The molecular weight excluding hydrogens is 1200 g/mol. The highest BCUT2D eigenvalue weighted by atomic mass is 32.2. The first-order chi connectivity index (χ1) is 37.2. The van der Waals surface area contributed by atoms with E-state index in [-0.39, 0.29) is 40.8 Å². The molecule has 0 spiro atoms. The fraction of sp³-hybridized carbons (Fsp3) is 0.420. The predicted molar refractivity (Wildman–Crippen MR) is 302 cm³/mol. The van der Waals surface area contributed by atoms with Gasteiger partial charge in [0.15, 0.2) is 0 Å². The lowest BCUT2D eigenvalue weighted by Gasteiger charge is -2.36. The van der Waals surface area contributed by atoms with Crippen LogP contribution in [0.4, 0.5) is 5.69 Å². The van der Waals surface area contributed by atoms with Gasteiger partial charge in [0.05, 0.1) is 27.0 Å². The average Bonchev–Trinajstić information content (AvgIpc) is 3.25. The summed E-state index contributed by atoms with van der Waals surface area (Å²) in [6.07, 6.45) is 12.7. The summed E-state index contributed by atoms with van der Waals surface area (Å²) >= 11 is 0. The van der Waals surface area contributed by atoms with Crippen molar-refractivity contribution >= 4 is 104 Å². The van der Waals surface area contributed by atoms with E-state index in [4.69, 9.17) is 0 Å². The fourth-order valence-corrected chi connectivity index (χ4v) is 15.8. The van der Waals surface area contributed by atoms with Crippen LogP contribution >= 0.6 is 0 Å². The smallest absolute Gasteiger partial charge is 0.303 e. The van der Waals surface area contributed by atoms with Gasteiger partial charge in [0.1, 0.15) is 9.79 Å². The Bertz CT molecular complexity index is 4110. The third-order valence-electron chi connectivity index (χ3n) is 14.1. The number of unbranched alkanes of at least 4 members (excludes halogenated alkanes) is 2. The van der Waals surface area contributed by atoms with Crippen molar-refractivity contribution in [2.75, 3.05) is 41.8 Å². The highest BCUT2D eigenvalue weighted by Crippen LogP contribution is 2.52. The molecule has 1 unspecified atom stereocenters. The van der Waals surface area contributed by atoms with Crippen molar-refractivity contribution < 1.29 is 91.6 Å². The van der Waals surface area contributed by atoms with Crippen LogP contribution in [0.3, 0.4) is 0 Å². The Balaban J connectivity index is 1.48. The zero-order valence-electron chi connectivity index (χ0n) is 44.2. The van der Waals surface area contributed by atoms with Crippen LogP contribution in [0.5, 0.6) is 0 Å². The molecule has 81 heavy (non-hydrogen) atoms. The lowest BCUT2D eigenvalue weighted by atomic mass is 9.68. The van der Waals surface area contributed by atoms with Gasteiger partial charge in [-0.2, -0.15) is 42.1 Å². The van der Waals surface area contributed by atoms with Crippen LogP contribution in [0.25, 0.3) is 21.5 Å². The number of carboxylic acids is 1. The molecule has 1 heterocycles. The molecule has 446 valence electrons. The molecule has 0 saturated carbocycles. The first-order valence-corrected chi connectivity index (χ1v) is 35.6. The van der Waals surface area contributed by atoms with E-state index in [2.05, 4.69) is 0 Å². The quantitative estimate of drug-likeness (QED) is 0.0214. The highest BCUT2D eigenvalue weighted by Gasteiger charge is 2.42. The molecule has 8 N–H and O–H groups in total. The molecule has 6 rings (SSSR count). The second-order valence-corrected chi connectivity index (χ2v) is 31.6. The van der Waals surface area contributed by atoms with Gasteiger partial charge in [0.25, 0.3) is 50.6 Å². The minimum atomic E-state index is -5.17. The Labute approximate surface area is 472 Å². The zero-order valence-corrected chi connectivity index (χ0v) is 49.9. The number of hydrogen-bond donors (Lipinski definition) is 8. The van der Waals surface area contributed by atoms with Gasteiger partial charge >= 0.3 is 5.97 Å². The van der Waals surface area contributed by atoms with Crippen LogP contribution in [0.15, 0.2) is 116 Å². The first-order valence-electron chi connectivity index (χ1n) is 24.9. The molecule has 4 aromatic carbocycles. The molecule has 1 aliphatic heterocycles. The van der Waals surface area contributed by atoms with E-state index >= 15 is 0 Å². The van der Waals surface area contributed by atoms with Crippen LogP contribution in [0, 0.1) is 0 Å². The largest absolute Gasteiger partial charge is 0.481 e. The van der Waals surface area contributed by atoms with Gasteiger partial charge in [-0.05, 0) is 114 Å². The monoisotopic (exact) mass is 1270 g/mol. The summed E-state index contributed by atoms with van der Waals surface area (Å²) in [5, 5.41) is 9.28. The van der Waals surface area contributed by atoms with E-state index in [9.17, 15) is 91.6 Å². The first kappa shape index (κ1) is 65.2. The number of sulfonamides is 2. The number of aliphatic carboxylic acids is 1. The summed E-state index contributed by atoms with van der Waals surface area (Å²) in [6, 6.07) is 9.79. The van der Waals surface area contributed by atoms with Crippen molar-refractivity contribution in [2.45, 2.75) is 115 Å². The van der Waals surface area contributed by atoms with Gasteiger partial charge in [-0.3, -0.25) is 27.6 Å². The minimum Gasteiger partial charge on any atom is -0.481 e. The number of benzene rings is 4. The Morgan fingerprint density at radius 1 is 0.605 bits per heavy atom. The van der Waals surface area contributed by atoms with Crippen molar-refractivity contribution in [3.8, 4) is 0 Å². The molecule has 0 saturated heterocycles. The zero-order chi connectivity index (χ0) is 60.5. The minimum absolute atomic E-state index is 0.00876. The van der Waals surface area contributed by atoms with E-state index in [1.165, 1.54) is 24.3 Å². The maximum Gasteiger partial charge on any atom is 0.303 e. The van der Waals surface area contributed by atoms with Gasteiger partial charge in [0.2, 0.25) is 20.0 Å². The molecule has 2 aliphatic rings. The van der Waals surface area contributed by atoms with Crippen LogP contribution in [0.2, 0.25) is 0 Å². The normalized spacial score (nSPS) is 17.9. The maximum absolute atomic E-state index is 13.7. The van der Waals surface area contributed by atoms with Crippen molar-refractivity contribution in [3.05, 3.63) is 113 Å². The number of carbonyl (C=O) groups is 1. The molecule has 0 fully saturated rings. The Hall–Kier alpha value is -5.00.